The van der Waals surface area contributed by atoms with Gasteiger partial charge in [0.1, 0.15) is 0 Å². The molecule has 0 heterocycles. The van der Waals surface area contributed by atoms with Crippen LogP contribution in [-0.2, 0) is 4.79 Å². The van der Waals surface area contributed by atoms with E-state index in [1.807, 2.05) is 27.7 Å². The molecule has 0 aliphatic carbocycles. The molecular formula is C13H28N2O. The largest absolute Gasteiger partial charge is 0.350 e. The van der Waals surface area contributed by atoms with Gasteiger partial charge in [0.05, 0.1) is 6.04 Å². The summed E-state index contributed by atoms with van der Waals surface area (Å²) in [5.41, 5.74) is -0.153. The van der Waals surface area contributed by atoms with E-state index < -0.39 is 0 Å². The first-order valence-electron chi connectivity index (χ1n) is 6.38. The SMILES string of the molecule is CCCC(CC)NC(C)C(=O)NC(C)(C)C. The second kappa shape index (κ2) is 6.89. The zero-order chi connectivity index (χ0) is 12.8. The predicted molar refractivity (Wildman–Crippen MR) is 69.5 cm³/mol. The Morgan fingerprint density at radius 1 is 1.25 bits per heavy atom. The van der Waals surface area contributed by atoms with E-state index in [4.69, 9.17) is 0 Å². The molecule has 0 aliphatic rings. The summed E-state index contributed by atoms with van der Waals surface area (Å²) in [5, 5.41) is 6.37. The molecule has 2 N–H and O–H groups in total. The van der Waals surface area contributed by atoms with Crippen LogP contribution in [0.5, 0.6) is 0 Å². The fourth-order valence-electron chi connectivity index (χ4n) is 1.66. The lowest BCUT2D eigenvalue weighted by atomic mass is 10.1. The van der Waals surface area contributed by atoms with Crippen LogP contribution in [0.2, 0.25) is 0 Å². The van der Waals surface area contributed by atoms with Crippen LogP contribution < -0.4 is 10.6 Å². The van der Waals surface area contributed by atoms with Crippen LogP contribution >= 0.6 is 0 Å². The van der Waals surface area contributed by atoms with Crippen molar-refractivity contribution in [3.05, 3.63) is 0 Å². The molecule has 0 aromatic carbocycles. The Labute approximate surface area is 100 Å². The first-order valence-corrected chi connectivity index (χ1v) is 6.38. The van der Waals surface area contributed by atoms with Crippen molar-refractivity contribution in [1.29, 1.82) is 0 Å². The number of hydrogen-bond acceptors (Lipinski definition) is 2. The van der Waals surface area contributed by atoms with Gasteiger partial charge in [0.25, 0.3) is 0 Å². The van der Waals surface area contributed by atoms with Gasteiger partial charge in [0.2, 0.25) is 5.91 Å². The number of rotatable bonds is 6. The summed E-state index contributed by atoms with van der Waals surface area (Å²) in [7, 11) is 0. The maximum absolute atomic E-state index is 11.8. The molecule has 1 amide bonds. The van der Waals surface area contributed by atoms with E-state index >= 15 is 0 Å². The Hall–Kier alpha value is -0.570. The van der Waals surface area contributed by atoms with Crippen molar-refractivity contribution in [3.63, 3.8) is 0 Å². The molecule has 0 saturated heterocycles. The first kappa shape index (κ1) is 15.4. The van der Waals surface area contributed by atoms with Crippen LogP contribution in [0.15, 0.2) is 0 Å². The maximum Gasteiger partial charge on any atom is 0.237 e. The zero-order valence-corrected chi connectivity index (χ0v) is 11.7. The molecule has 0 aliphatic heterocycles. The van der Waals surface area contributed by atoms with Gasteiger partial charge in [-0.3, -0.25) is 4.79 Å². The Morgan fingerprint density at radius 2 is 1.81 bits per heavy atom. The van der Waals surface area contributed by atoms with E-state index in [-0.39, 0.29) is 17.5 Å². The highest BCUT2D eigenvalue weighted by Crippen LogP contribution is 2.04. The van der Waals surface area contributed by atoms with Crippen molar-refractivity contribution in [2.75, 3.05) is 0 Å². The molecular weight excluding hydrogens is 200 g/mol. The summed E-state index contributed by atoms with van der Waals surface area (Å²) >= 11 is 0. The smallest absolute Gasteiger partial charge is 0.237 e. The number of hydrogen-bond donors (Lipinski definition) is 2. The van der Waals surface area contributed by atoms with Crippen molar-refractivity contribution in [2.45, 2.75) is 78.4 Å². The van der Waals surface area contributed by atoms with Crippen molar-refractivity contribution in [3.8, 4) is 0 Å². The summed E-state index contributed by atoms with van der Waals surface area (Å²) in [6.45, 7) is 12.3. The second-order valence-corrected chi connectivity index (χ2v) is 5.52. The van der Waals surface area contributed by atoms with Gasteiger partial charge in [-0.1, -0.05) is 20.3 Å². The fraction of sp³-hybridized carbons (Fsp3) is 0.923. The molecule has 16 heavy (non-hydrogen) atoms. The lowest BCUT2D eigenvalue weighted by Crippen LogP contribution is -2.51. The molecule has 0 radical (unpaired) electrons. The van der Waals surface area contributed by atoms with E-state index in [2.05, 4.69) is 24.5 Å². The van der Waals surface area contributed by atoms with Crippen LogP contribution in [0.3, 0.4) is 0 Å². The Morgan fingerprint density at radius 3 is 2.19 bits per heavy atom. The van der Waals surface area contributed by atoms with Crippen LogP contribution in [0.25, 0.3) is 0 Å². The van der Waals surface area contributed by atoms with Gasteiger partial charge in [-0.2, -0.15) is 0 Å². The molecule has 0 bridgehead atoms. The normalized spacial score (nSPS) is 15.6. The minimum absolute atomic E-state index is 0.0852. The summed E-state index contributed by atoms with van der Waals surface area (Å²) in [6.07, 6.45) is 3.35. The number of carbonyl (C=O) groups excluding carboxylic acids is 1. The zero-order valence-electron chi connectivity index (χ0n) is 11.7. The lowest BCUT2D eigenvalue weighted by molar-refractivity contribution is -0.124. The fourth-order valence-corrected chi connectivity index (χ4v) is 1.66. The summed E-state index contributed by atoms with van der Waals surface area (Å²) in [6, 6.07) is 0.335. The van der Waals surface area contributed by atoms with Crippen molar-refractivity contribution < 1.29 is 4.79 Å². The van der Waals surface area contributed by atoms with E-state index in [9.17, 15) is 4.79 Å². The summed E-state index contributed by atoms with van der Waals surface area (Å²) in [5.74, 6) is 0.0852. The third-order valence-electron chi connectivity index (χ3n) is 2.51. The standard InChI is InChI=1S/C13H28N2O/c1-7-9-11(8-2)14-10(3)12(16)15-13(4,5)6/h10-11,14H,7-9H2,1-6H3,(H,15,16). The quantitative estimate of drug-likeness (QED) is 0.733. The van der Waals surface area contributed by atoms with Gasteiger partial charge in [0, 0.05) is 11.6 Å². The molecule has 0 rings (SSSR count). The van der Waals surface area contributed by atoms with Crippen molar-refractivity contribution >= 4 is 5.91 Å². The van der Waals surface area contributed by atoms with Gasteiger partial charge in [0.15, 0.2) is 0 Å². The molecule has 0 spiro atoms. The lowest BCUT2D eigenvalue weighted by Gasteiger charge is -2.26. The monoisotopic (exact) mass is 228 g/mol. The highest BCUT2D eigenvalue weighted by atomic mass is 16.2. The Bertz CT molecular complexity index is 208. The van der Waals surface area contributed by atoms with Gasteiger partial charge >= 0.3 is 0 Å². The molecule has 96 valence electrons. The van der Waals surface area contributed by atoms with Crippen LogP contribution in [0.4, 0.5) is 0 Å². The second-order valence-electron chi connectivity index (χ2n) is 5.52. The Balaban J connectivity index is 4.13. The molecule has 3 heteroatoms. The van der Waals surface area contributed by atoms with E-state index in [0.717, 1.165) is 19.3 Å². The van der Waals surface area contributed by atoms with E-state index in [1.54, 1.807) is 0 Å². The third-order valence-corrected chi connectivity index (χ3v) is 2.51. The molecule has 0 saturated carbocycles. The molecule has 2 unspecified atom stereocenters. The van der Waals surface area contributed by atoms with Crippen molar-refractivity contribution in [2.24, 2.45) is 0 Å². The Kier molecular flexibility index (Phi) is 6.65. The third kappa shape index (κ3) is 6.83. The molecule has 2 atom stereocenters. The summed E-state index contributed by atoms with van der Waals surface area (Å²) in [4.78, 5) is 11.8. The minimum Gasteiger partial charge on any atom is -0.350 e. The first-order chi connectivity index (χ1) is 7.30. The van der Waals surface area contributed by atoms with Gasteiger partial charge in [-0.05, 0) is 40.5 Å². The number of carbonyl (C=O) groups is 1. The topological polar surface area (TPSA) is 41.1 Å². The summed E-state index contributed by atoms with van der Waals surface area (Å²) < 4.78 is 0. The van der Waals surface area contributed by atoms with Crippen LogP contribution in [-0.4, -0.2) is 23.5 Å². The molecule has 0 aromatic rings. The average Bonchev–Trinajstić information content (AvgIpc) is 2.14. The van der Waals surface area contributed by atoms with Gasteiger partial charge in [-0.25, -0.2) is 0 Å². The molecule has 3 nitrogen and oxygen atoms in total. The van der Waals surface area contributed by atoms with Crippen LogP contribution in [0.1, 0.15) is 60.8 Å². The van der Waals surface area contributed by atoms with Crippen LogP contribution in [0, 0.1) is 0 Å². The number of amides is 1. The van der Waals surface area contributed by atoms with Crippen molar-refractivity contribution in [1.82, 2.24) is 10.6 Å². The maximum atomic E-state index is 11.8. The van der Waals surface area contributed by atoms with E-state index in [1.165, 1.54) is 0 Å². The minimum atomic E-state index is -0.153. The van der Waals surface area contributed by atoms with Gasteiger partial charge < -0.3 is 10.6 Å². The highest BCUT2D eigenvalue weighted by Gasteiger charge is 2.20. The number of nitrogens with one attached hydrogen (secondary N) is 2. The average molecular weight is 228 g/mol. The highest BCUT2D eigenvalue weighted by molar-refractivity contribution is 5.81. The molecule has 0 fully saturated rings. The predicted octanol–water partition coefficient (Wildman–Crippen LogP) is 2.46. The molecule has 0 aromatic heterocycles. The van der Waals surface area contributed by atoms with Gasteiger partial charge in [-0.15, -0.1) is 0 Å². The van der Waals surface area contributed by atoms with E-state index in [0.29, 0.717) is 6.04 Å².